The molecule has 1 aromatic heterocycles. The molecular formula is C16H10F3NOS. The van der Waals surface area contributed by atoms with Crippen LogP contribution in [0.4, 0.5) is 13.2 Å². The van der Waals surface area contributed by atoms with Crippen LogP contribution in [0.15, 0.2) is 30.4 Å². The fourth-order valence-corrected chi connectivity index (χ4v) is 2.49. The zero-order valence-electron chi connectivity index (χ0n) is 11.2. The van der Waals surface area contributed by atoms with E-state index in [4.69, 9.17) is 12.2 Å². The molecule has 0 atom stereocenters. The minimum atomic E-state index is -1.56. The molecular weight excluding hydrogens is 311 g/mol. The Morgan fingerprint density at radius 3 is 2.55 bits per heavy atom. The third kappa shape index (κ3) is 2.44. The number of aliphatic hydroxyl groups excluding tert-OH is 1. The molecule has 0 unspecified atom stereocenters. The molecule has 2 nitrogen and oxygen atoms in total. The van der Waals surface area contributed by atoms with Gasteiger partial charge in [0.05, 0.1) is 12.3 Å². The van der Waals surface area contributed by atoms with Gasteiger partial charge in [0.2, 0.25) is 0 Å². The van der Waals surface area contributed by atoms with Crippen molar-refractivity contribution in [2.45, 2.75) is 13.0 Å². The van der Waals surface area contributed by atoms with Gasteiger partial charge in [0.15, 0.2) is 17.5 Å². The summed E-state index contributed by atoms with van der Waals surface area (Å²) in [5.41, 5.74) is 1.12. The maximum atomic E-state index is 13.9. The summed E-state index contributed by atoms with van der Waals surface area (Å²) in [6.07, 6.45) is 5.76. The molecule has 3 rings (SSSR count). The number of aromatic nitrogens is 1. The smallest absolute Gasteiger partial charge is 0.196 e. The van der Waals surface area contributed by atoms with Crippen molar-refractivity contribution in [3.8, 4) is 0 Å². The second kappa shape index (κ2) is 5.62. The molecule has 0 fully saturated rings. The van der Waals surface area contributed by atoms with Gasteiger partial charge in [-0.1, -0.05) is 24.4 Å². The molecule has 112 valence electrons. The monoisotopic (exact) mass is 321 g/mol. The highest BCUT2D eigenvalue weighted by Crippen LogP contribution is 2.28. The molecule has 0 saturated heterocycles. The summed E-state index contributed by atoms with van der Waals surface area (Å²) in [6.45, 7) is -0.353. The van der Waals surface area contributed by atoms with Gasteiger partial charge < -0.3 is 5.11 Å². The van der Waals surface area contributed by atoms with Gasteiger partial charge in [-0.3, -0.25) is 0 Å². The van der Waals surface area contributed by atoms with Crippen molar-refractivity contribution in [1.82, 2.24) is 4.98 Å². The van der Waals surface area contributed by atoms with Gasteiger partial charge in [-0.15, -0.1) is 0 Å². The molecule has 0 bridgehead atoms. The number of aliphatic hydroxyl groups is 1. The minimum absolute atomic E-state index is 0.0973. The molecule has 1 aromatic carbocycles. The number of rotatable bonds is 2. The highest BCUT2D eigenvalue weighted by Gasteiger charge is 2.18. The third-order valence-corrected chi connectivity index (χ3v) is 3.74. The zero-order valence-corrected chi connectivity index (χ0v) is 12.1. The summed E-state index contributed by atoms with van der Waals surface area (Å²) in [7, 11) is 0. The van der Waals surface area contributed by atoms with E-state index < -0.39 is 17.5 Å². The first-order chi connectivity index (χ1) is 10.5. The number of halogens is 3. The molecule has 6 heteroatoms. The van der Waals surface area contributed by atoms with E-state index in [-0.39, 0.29) is 17.5 Å². The molecule has 1 heterocycles. The van der Waals surface area contributed by atoms with Gasteiger partial charge in [0.25, 0.3) is 0 Å². The summed E-state index contributed by atoms with van der Waals surface area (Å²) >= 11 is 5.05. The largest absolute Gasteiger partial charge is 0.392 e. The van der Waals surface area contributed by atoms with E-state index in [0.29, 0.717) is 23.3 Å². The van der Waals surface area contributed by atoms with E-state index in [2.05, 4.69) is 4.98 Å². The highest BCUT2D eigenvalue weighted by atomic mass is 32.1. The van der Waals surface area contributed by atoms with Gasteiger partial charge in [-0.2, -0.15) is 0 Å². The second-order valence-electron chi connectivity index (χ2n) is 4.88. The number of fused-ring (bicyclic) bond motifs is 1. The third-order valence-electron chi connectivity index (χ3n) is 3.44. The van der Waals surface area contributed by atoms with Gasteiger partial charge in [0.1, 0.15) is 5.52 Å². The molecule has 1 aliphatic carbocycles. The first-order valence-electron chi connectivity index (χ1n) is 6.50. The first-order valence-corrected chi connectivity index (χ1v) is 6.91. The number of pyridine rings is 1. The lowest BCUT2D eigenvalue weighted by Gasteiger charge is -2.13. The molecule has 0 saturated carbocycles. The van der Waals surface area contributed by atoms with Gasteiger partial charge in [0, 0.05) is 22.2 Å². The molecule has 0 aliphatic heterocycles. The fourth-order valence-electron chi connectivity index (χ4n) is 2.34. The van der Waals surface area contributed by atoms with Crippen molar-refractivity contribution in [2.75, 3.05) is 0 Å². The Hall–Kier alpha value is -2.05. The number of nitrogens with zero attached hydrogens (tertiary/aromatic N) is 1. The van der Waals surface area contributed by atoms with E-state index in [0.717, 1.165) is 10.9 Å². The molecule has 1 aliphatic rings. The Labute approximate surface area is 129 Å². The van der Waals surface area contributed by atoms with Crippen LogP contribution in [0.1, 0.15) is 17.7 Å². The van der Waals surface area contributed by atoms with Crippen molar-refractivity contribution < 1.29 is 18.3 Å². The van der Waals surface area contributed by atoms with Crippen molar-refractivity contribution in [2.24, 2.45) is 0 Å². The van der Waals surface area contributed by atoms with E-state index in [1.54, 1.807) is 18.2 Å². The lowest BCUT2D eigenvalue weighted by atomic mass is 9.99. The van der Waals surface area contributed by atoms with E-state index in [9.17, 15) is 18.3 Å². The van der Waals surface area contributed by atoms with Crippen molar-refractivity contribution in [1.29, 1.82) is 0 Å². The van der Waals surface area contributed by atoms with Crippen LogP contribution in [-0.2, 0) is 6.61 Å². The van der Waals surface area contributed by atoms with Crippen molar-refractivity contribution >= 4 is 33.6 Å². The van der Waals surface area contributed by atoms with Crippen LogP contribution in [0.5, 0.6) is 0 Å². The first kappa shape index (κ1) is 14.9. The van der Waals surface area contributed by atoms with E-state index in [1.165, 1.54) is 6.07 Å². The Morgan fingerprint density at radius 2 is 1.91 bits per heavy atom. The van der Waals surface area contributed by atoms with Crippen LogP contribution in [0.25, 0.3) is 16.5 Å². The topological polar surface area (TPSA) is 33.1 Å². The Morgan fingerprint density at radius 1 is 1.14 bits per heavy atom. The molecule has 0 amide bonds. The average Bonchev–Trinajstić information content (AvgIpc) is 2.52. The van der Waals surface area contributed by atoms with Crippen LogP contribution in [0.2, 0.25) is 0 Å². The molecule has 2 aromatic rings. The fraction of sp³-hybridized carbons (Fsp3) is 0.125. The SMILES string of the molecule is OCc1cc2cc(F)c(F)c(F)c2nc1C1=CCC(=S)C=C1. The van der Waals surface area contributed by atoms with Crippen molar-refractivity contribution in [3.63, 3.8) is 0 Å². The normalized spacial score (nSPS) is 14.5. The summed E-state index contributed by atoms with van der Waals surface area (Å²) in [6, 6.07) is 2.27. The van der Waals surface area contributed by atoms with Gasteiger partial charge >= 0.3 is 0 Å². The quantitative estimate of drug-likeness (QED) is 0.673. The summed E-state index contributed by atoms with van der Waals surface area (Å²) in [4.78, 5) is 4.84. The average molecular weight is 321 g/mol. The van der Waals surface area contributed by atoms with Crippen LogP contribution in [0, 0.1) is 17.5 Å². The molecule has 1 N–H and O–H groups in total. The Balaban J connectivity index is 2.26. The summed E-state index contributed by atoms with van der Waals surface area (Å²) < 4.78 is 40.6. The lowest BCUT2D eigenvalue weighted by Crippen LogP contribution is -2.03. The van der Waals surface area contributed by atoms with Crippen LogP contribution in [-0.4, -0.2) is 15.0 Å². The second-order valence-corrected chi connectivity index (χ2v) is 5.40. The molecule has 0 spiro atoms. The maximum Gasteiger partial charge on any atom is 0.196 e. The number of thiocarbonyl (C=S) groups is 1. The predicted molar refractivity (Wildman–Crippen MR) is 81.9 cm³/mol. The van der Waals surface area contributed by atoms with E-state index in [1.807, 2.05) is 0 Å². The lowest BCUT2D eigenvalue weighted by molar-refractivity contribution is 0.281. The maximum absolute atomic E-state index is 13.9. The molecule has 0 radical (unpaired) electrons. The van der Waals surface area contributed by atoms with Crippen LogP contribution in [0.3, 0.4) is 0 Å². The van der Waals surface area contributed by atoms with Crippen LogP contribution >= 0.6 is 12.2 Å². The Bertz CT molecular complexity index is 858. The van der Waals surface area contributed by atoms with Gasteiger partial charge in [-0.05, 0) is 23.8 Å². The number of allylic oxidation sites excluding steroid dienone is 4. The number of hydrogen-bond acceptors (Lipinski definition) is 3. The molecule has 22 heavy (non-hydrogen) atoms. The summed E-state index contributed by atoms with van der Waals surface area (Å²) in [5.74, 6) is -4.18. The standard InChI is InChI=1S/C16H10F3NOS/c17-12-6-9-5-10(7-21)15(8-1-3-11(22)4-2-8)20-16(9)14(19)13(12)18/h1-3,5-6,21H,4,7H2. The van der Waals surface area contributed by atoms with Gasteiger partial charge in [-0.25, -0.2) is 18.2 Å². The minimum Gasteiger partial charge on any atom is -0.392 e. The zero-order chi connectivity index (χ0) is 15.9. The number of hydrogen-bond donors (Lipinski definition) is 1. The number of benzene rings is 1. The highest BCUT2D eigenvalue weighted by molar-refractivity contribution is 7.80. The van der Waals surface area contributed by atoms with Crippen LogP contribution < -0.4 is 0 Å². The Kier molecular flexibility index (Phi) is 3.80. The predicted octanol–water partition coefficient (Wildman–Crippen LogP) is 3.86. The van der Waals surface area contributed by atoms with Crippen molar-refractivity contribution in [3.05, 3.63) is 59.1 Å². The van der Waals surface area contributed by atoms with E-state index >= 15 is 0 Å². The summed E-state index contributed by atoms with van der Waals surface area (Å²) in [5, 5.41) is 9.57.